The number of hydrogen-bond donors (Lipinski definition) is 0. The molecule has 0 unspecified atom stereocenters. The van der Waals surface area contributed by atoms with Crippen LogP contribution in [0.15, 0.2) is 30.3 Å². The van der Waals surface area contributed by atoms with Crippen molar-refractivity contribution in [1.29, 1.82) is 0 Å². The van der Waals surface area contributed by atoms with Gasteiger partial charge in [0.05, 0.1) is 12.7 Å². The Kier molecular flexibility index (Phi) is 4.01. The molecule has 0 saturated heterocycles. The number of methoxy groups -OCH3 is 1. The van der Waals surface area contributed by atoms with E-state index in [1.54, 1.807) is 6.07 Å². The molecular formula is C13H9F3O5S. The Bertz CT molecular complexity index is 827. The zero-order valence-electron chi connectivity index (χ0n) is 11.0. The Morgan fingerprint density at radius 2 is 1.82 bits per heavy atom. The molecule has 0 bridgehead atoms. The first kappa shape index (κ1) is 16.1. The van der Waals surface area contributed by atoms with Crippen molar-refractivity contribution in [2.45, 2.75) is 5.51 Å². The van der Waals surface area contributed by atoms with Crippen molar-refractivity contribution >= 4 is 27.2 Å². The second-order valence-electron chi connectivity index (χ2n) is 4.17. The molecule has 0 saturated carbocycles. The molecule has 0 atom stereocenters. The third-order valence-corrected chi connectivity index (χ3v) is 3.80. The topological polar surface area (TPSA) is 69.7 Å². The lowest BCUT2D eigenvalue weighted by molar-refractivity contribution is -0.0500. The third kappa shape index (κ3) is 2.84. The van der Waals surface area contributed by atoms with E-state index in [4.69, 9.17) is 4.74 Å². The summed E-state index contributed by atoms with van der Waals surface area (Å²) in [4.78, 5) is 11.1. The predicted octanol–water partition coefficient (Wildman–Crippen LogP) is 2.89. The van der Waals surface area contributed by atoms with Crippen molar-refractivity contribution in [2.24, 2.45) is 0 Å². The SMILES string of the molecule is COc1ccc2c(C=O)c(OS(=O)(=O)C(F)(F)F)ccc2c1. The number of carbonyl (C=O) groups excluding carboxylic acids is 1. The minimum Gasteiger partial charge on any atom is -0.497 e. The molecule has 2 aromatic carbocycles. The first-order chi connectivity index (χ1) is 10.2. The van der Waals surface area contributed by atoms with E-state index in [0.29, 0.717) is 11.1 Å². The molecule has 5 nitrogen and oxygen atoms in total. The number of alkyl halides is 3. The number of hydrogen-bond acceptors (Lipinski definition) is 5. The molecule has 0 radical (unpaired) electrons. The lowest BCUT2D eigenvalue weighted by atomic mass is 10.0. The fourth-order valence-electron chi connectivity index (χ4n) is 1.80. The van der Waals surface area contributed by atoms with E-state index in [2.05, 4.69) is 4.18 Å². The van der Waals surface area contributed by atoms with Crippen LogP contribution in [-0.4, -0.2) is 27.3 Å². The van der Waals surface area contributed by atoms with Crippen LogP contribution in [-0.2, 0) is 10.1 Å². The van der Waals surface area contributed by atoms with Crippen LogP contribution in [0.1, 0.15) is 10.4 Å². The normalized spacial score (nSPS) is 12.2. The van der Waals surface area contributed by atoms with E-state index in [1.807, 2.05) is 0 Å². The van der Waals surface area contributed by atoms with Crippen molar-refractivity contribution in [3.8, 4) is 11.5 Å². The summed E-state index contributed by atoms with van der Waals surface area (Å²) in [5.74, 6) is -0.217. The summed E-state index contributed by atoms with van der Waals surface area (Å²) in [5.41, 5.74) is -5.88. The van der Waals surface area contributed by atoms with Gasteiger partial charge in [-0.25, -0.2) is 0 Å². The van der Waals surface area contributed by atoms with Crippen LogP contribution < -0.4 is 8.92 Å². The quantitative estimate of drug-likeness (QED) is 0.488. The Balaban J connectivity index is 2.59. The predicted molar refractivity (Wildman–Crippen MR) is 71.5 cm³/mol. The van der Waals surface area contributed by atoms with Gasteiger partial charge in [0.2, 0.25) is 0 Å². The second kappa shape index (κ2) is 5.48. The van der Waals surface area contributed by atoms with Gasteiger partial charge in [-0.3, -0.25) is 4.79 Å². The fourth-order valence-corrected chi connectivity index (χ4v) is 2.27. The molecular weight excluding hydrogens is 325 g/mol. The number of benzene rings is 2. The van der Waals surface area contributed by atoms with Crippen LogP contribution >= 0.6 is 0 Å². The van der Waals surface area contributed by atoms with E-state index in [9.17, 15) is 26.4 Å². The van der Waals surface area contributed by atoms with Gasteiger partial charge in [-0.05, 0) is 35.0 Å². The Morgan fingerprint density at radius 1 is 1.14 bits per heavy atom. The van der Waals surface area contributed by atoms with Crippen molar-refractivity contribution in [1.82, 2.24) is 0 Å². The highest BCUT2D eigenvalue weighted by atomic mass is 32.2. The van der Waals surface area contributed by atoms with Crippen LogP contribution in [0.4, 0.5) is 13.2 Å². The van der Waals surface area contributed by atoms with Crippen molar-refractivity contribution < 1.29 is 35.3 Å². The van der Waals surface area contributed by atoms with Gasteiger partial charge >= 0.3 is 15.6 Å². The van der Waals surface area contributed by atoms with Crippen LogP contribution in [0.3, 0.4) is 0 Å². The van der Waals surface area contributed by atoms with E-state index < -0.39 is 21.4 Å². The van der Waals surface area contributed by atoms with Crippen LogP contribution in [0.25, 0.3) is 10.8 Å². The lowest BCUT2D eigenvalue weighted by Crippen LogP contribution is -2.28. The largest absolute Gasteiger partial charge is 0.534 e. The summed E-state index contributed by atoms with van der Waals surface area (Å²) in [6.45, 7) is 0. The van der Waals surface area contributed by atoms with Gasteiger partial charge in [-0.2, -0.15) is 21.6 Å². The number of ether oxygens (including phenoxy) is 1. The fraction of sp³-hybridized carbons (Fsp3) is 0.154. The third-order valence-electron chi connectivity index (χ3n) is 2.83. The van der Waals surface area contributed by atoms with Gasteiger partial charge in [-0.15, -0.1) is 0 Å². The monoisotopic (exact) mass is 334 g/mol. The molecule has 118 valence electrons. The van der Waals surface area contributed by atoms with Crippen molar-refractivity contribution in [3.05, 3.63) is 35.9 Å². The highest BCUT2D eigenvalue weighted by Gasteiger charge is 2.48. The molecule has 0 fully saturated rings. The Labute approximate surface area is 123 Å². The maximum Gasteiger partial charge on any atom is 0.534 e. The number of aldehydes is 1. The van der Waals surface area contributed by atoms with Crippen molar-refractivity contribution in [3.63, 3.8) is 0 Å². The average Bonchev–Trinajstić information content (AvgIpc) is 2.45. The molecule has 2 rings (SSSR count). The number of carbonyl (C=O) groups is 1. The van der Waals surface area contributed by atoms with E-state index in [-0.39, 0.29) is 17.2 Å². The molecule has 9 heteroatoms. The average molecular weight is 334 g/mol. The summed E-state index contributed by atoms with van der Waals surface area (Å²) in [6, 6.07) is 6.76. The van der Waals surface area contributed by atoms with Crippen LogP contribution in [0, 0.1) is 0 Å². The summed E-state index contributed by atoms with van der Waals surface area (Å²) in [7, 11) is -4.42. The molecule has 2 aromatic rings. The van der Waals surface area contributed by atoms with Gasteiger partial charge in [0, 0.05) is 0 Å². The number of fused-ring (bicyclic) bond motifs is 1. The maximum absolute atomic E-state index is 12.3. The first-order valence-electron chi connectivity index (χ1n) is 5.76. The van der Waals surface area contributed by atoms with Gasteiger partial charge in [0.1, 0.15) is 5.75 Å². The first-order valence-corrected chi connectivity index (χ1v) is 7.17. The molecule has 0 aliphatic carbocycles. The minimum atomic E-state index is -5.85. The number of rotatable bonds is 4. The molecule has 0 aromatic heterocycles. The molecule has 0 N–H and O–H groups in total. The standard InChI is InChI=1S/C13H9F3O5S/c1-20-9-3-4-10-8(6-9)2-5-12(11(10)7-17)21-22(18,19)13(14,15)16/h2-7H,1H3. The van der Waals surface area contributed by atoms with Gasteiger partial charge in [-0.1, -0.05) is 6.07 Å². The smallest absolute Gasteiger partial charge is 0.497 e. The molecule has 0 aliphatic rings. The Hall–Kier alpha value is -2.29. The molecule has 0 spiro atoms. The number of halogens is 3. The highest BCUT2D eigenvalue weighted by Crippen LogP contribution is 2.33. The van der Waals surface area contributed by atoms with Crippen molar-refractivity contribution in [2.75, 3.05) is 7.11 Å². The van der Waals surface area contributed by atoms with Gasteiger partial charge in [0.25, 0.3) is 0 Å². The maximum atomic E-state index is 12.3. The molecule has 0 heterocycles. The van der Waals surface area contributed by atoms with E-state index in [0.717, 1.165) is 6.07 Å². The lowest BCUT2D eigenvalue weighted by Gasteiger charge is -2.12. The molecule has 0 amide bonds. The van der Waals surface area contributed by atoms with Gasteiger partial charge in [0.15, 0.2) is 12.0 Å². The zero-order valence-corrected chi connectivity index (χ0v) is 11.9. The summed E-state index contributed by atoms with van der Waals surface area (Å²) in [5, 5.41) is 0.726. The molecule has 22 heavy (non-hydrogen) atoms. The minimum absolute atomic E-state index is 0.232. The summed E-state index contributed by atoms with van der Waals surface area (Å²) >= 11 is 0. The summed E-state index contributed by atoms with van der Waals surface area (Å²) < 4.78 is 68.2. The highest BCUT2D eigenvalue weighted by molar-refractivity contribution is 7.88. The summed E-state index contributed by atoms with van der Waals surface area (Å²) in [6.07, 6.45) is 0.232. The second-order valence-corrected chi connectivity index (χ2v) is 5.70. The van der Waals surface area contributed by atoms with E-state index in [1.165, 1.54) is 25.3 Å². The van der Waals surface area contributed by atoms with Gasteiger partial charge < -0.3 is 8.92 Å². The zero-order chi connectivity index (χ0) is 16.5. The van der Waals surface area contributed by atoms with Crippen LogP contribution in [0.5, 0.6) is 11.5 Å². The Morgan fingerprint density at radius 3 is 2.36 bits per heavy atom. The van der Waals surface area contributed by atoms with Crippen LogP contribution in [0.2, 0.25) is 0 Å². The van der Waals surface area contributed by atoms with E-state index >= 15 is 0 Å². The molecule has 0 aliphatic heterocycles.